The molecule has 4 aromatic rings. The topological polar surface area (TPSA) is 110 Å². The zero-order valence-corrected chi connectivity index (χ0v) is 21.5. The Hall–Kier alpha value is -4.87. The van der Waals surface area contributed by atoms with Crippen molar-refractivity contribution in [2.24, 2.45) is 0 Å². The summed E-state index contributed by atoms with van der Waals surface area (Å²) in [5, 5.41) is 11.8. The molecule has 0 fully saturated rings. The average molecular weight is 539 g/mol. The maximum Gasteiger partial charge on any atom is 0.324 e. The van der Waals surface area contributed by atoms with Gasteiger partial charge in [-0.2, -0.15) is 5.10 Å². The smallest absolute Gasteiger partial charge is 0.324 e. The lowest BCUT2D eigenvalue weighted by Gasteiger charge is -2.14. The molecule has 4 rings (SSSR count). The summed E-state index contributed by atoms with van der Waals surface area (Å²) in [5.74, 6) is -2.32. The average Bonchev–Trinajstić information content (AvgIpc) is 3.29. The van der Waals surface area contributed by atoms with Crippen LogP contribution in [0.15, 0.2) is 60.8 Å². The van der Waals surface area contributed by atoms with Crippen molar-refractivity contribution >= 4 is 23.4 Å². The zero-order valence-electron chi connectivity index (χ0n) is 21.5. The Morgan fingerprint density at radius 1 is 0.897 bits per heavy atom. The van der Waals surface area contributed by atoms with Crippen LogP contribution >= 0.6 is 0 Å². The van der Waals surface area contributed by atoms with Crippen LogP contribution in [0.3, 0.4) is 0 Å². The number of aromatic nitrogens is 3. The molecule has 0 aliphatic carbocycles. The molecule has 0 spiro atoms. The lowest BCUT2D eigenvalue weighted by Crippen LogP contribution is -2.22. The van der Waals surface area contributed by atoms with Gasteiger partial charge in [0.15, 0.2) is 0 Å². The number of rotatable bonds is 6. The first-order chi connectivity index (χ1) is 18.4. The van der Waals surface area contributed by atoms with Crippen LogP contribution in [0.5, 0.6) is 11.5 Å². The molecule has 2 aromatic heterocycles. The Balaban J connectivity index is 1.52. The summed E-state index contributed by atoms with van der Waals surface area (Å²) in [6.45, 7) is 5.67. The van der Waals surface area contributed by atoms with Crippen molar-refractivity contribution in [2.75, 3.05) is 17.7 Å². The summed E-state index contributed by atoms with van der Waals surface area (Å²) in [5.41, 5.74) is 0.134. The molecular formula is C27H25F3N6O3. The molecule has 0 bridgehead atoms. The maximum atomic E-state index is 14.8. The van der Waals surface area contributed by atoms with Gasteiger partial charge >= 0.3 is 6.03 Å². The number of benzene rings is 2. The van der Waals surface area contributed by atoms with Crippen LogP contribution in [0.4, 0.5) is 29.5 Å². The standard InChI is InChI=1S/C27H25F3N6O3/c1-27(2,3)23-14-24(36(35-23)17-10-15(28)9-16(29)11-17)34-26(38)33-21-6-5-18(12-20(21)30)39-19-7-8-32-22(13-19)25(37)31-4/h5-14H,1-4H3,(H,31,37)(H2,33,34,38). The molecule has 9 nitrogen and oxygen atoms in total. The predicted octanol–water partition coefficient (Wildman–Crippen LogP) is 5.78. The Morgan fingerprint density at radius 3 is 2.23 bits per heavy atom. The van der Waals surface area contributed by atoms with E-state index in [2.05, 4.69) is 26.0 Å². The van der Waals surface area contributed by atoms with Gasteiger partial charge in [0, 0.05) is 42.9 Å². The van der Waals surface area contributed by atoms with Gasteiger partial charge in [-0.15, -0.1) is 0 Å². The number of nitrogens with zero attached hydrogens (tertiary/aromatic N) is 3. The molecule has 0 atom stereocenters. The van der Waals surface area contributed by atoms with Gasteiger partial charge in [-0.25, -0.2) is 22.6 Å². The number of ether oxygens (including phenoxy) is 1. The molecule has 0 aliphatic heterocycles. The molecule has 2 heterocycles. The highest BCUT2D eigenvalue weighted by Gasteiger charge is 2.22. The quantitative estimate of drug-likeness (QED) is 0.288. The van der Waals surface area contributed by atoms with E-state index in [-0.39, 0.29) is 34.4 Å². The molecule has 0 saturated carbocycles. The summed E-state index contributed by atoms with van der Waals surface area (Å²) in [7, 11) is 1.47. The van der Waals surface area contributed by atoms with E-state index in [1.54, 1.807) is 6.07 Å². The Labute approximate surface area is 222 Å². The summed E-state index contributed by atoms with van der Waals surface area (Å²) < 4.78 is 49.3. The predicted molar refractivity (Wildman–Crippen MR) is 139 cm³/mol. The number of hydrogen-bond acceptors (Lipinski definition) is 5. The van der Waals surface area contributed by atoms with E-state index in [4.69, 9.17) is 4.74 Å². The van der Waals surface area contributed by atoms with Crippen LogP contribution in [0.2, 0.25) is 0 Å². The molecule has 3 N–H and O–H groups in total. The van der Waals surface area contributed by atoms with Gasteiger partial charge in [0.2, 0.25) is 0 Å². The summed E-state index contributed by atoms with van der Waals surface area (Å²) >= 11 is 0. The third-order valence-corrected chi connectivity index (χ3v) is 5.43. The van der Waals surface area contributed by atoms with Gasteiger partial charge < -0.3 is 15.4 Å². The van der Waals surface area contributed by atoms with Gasteiger partial charge in [-0.3, -0.25) is 15.1 Å². The van der Waals surface area contributed by atoms with Crippen molar-refractivity contribution in [1.82, 2.24) is 20.1 Å². The minimum atomic E-state index is -0.814. The Bertz CT molecular complexity index is 1530. The second kappa shape index (κ2) is 10.9. The number of halogens is 3. The first-order valence-corrected chi connectivity index (χ1v) is 11.7. The van der Waals surface area contributed by atoms with E-state index in [9.17, 15) is 22.8 Å². The van der Waals surface area contributed by atoms with Crippen molar-refractivity contribution in [3.8, 4) is 17.2 Å². The van der Waals surface area contributed by atoms with Crippen molar-refractivity contribution in [2.45, 2.75) is 26.2 Å². The third kappa shape index (κ3) is 6.53. The first-order valence-electron chi connectivity index (χ1n) is 11.7. The largest absolute Gasteiger partial charge is 0.457 e. The molecule has 0 unspecified atom stereocenters. The molecule has 3 amide bonds. The van der Waals surface area contributed by atoms with Crippen LogP contribution < -0.4 is 20.7 Å². The monoisotopic (exact) mass is 538 g/mol. The highest BCUT2D eigenvalue weighted by molar-refractivity contribution is 5.99. The number of urea groups is 1. The fraction of sp³-hybridized carbons (Fsp3) is 0.185. The third-order valence-electron chi connectivity index (χ3n) is 5.43. The van der Waals surface area contributed by atoms with Crippen LogP contribution in [-0.4, -0.2) is 33.8 Å². The van der Waals surface area contributed by atoms with E-state index < -0.39 is 34.8 Å². The highest BCUT2D eigenvalue weighted by atomic mass is 19.1. The van der Waals surface area contributed by atoms with Crippen molar-refractivity contribution < 1.29 is 27.5 Å². The molecule has 39 heavy (non-hydrogen) atoms. The number of carbonyl (C=O) groups excluding carboxylic acids is 2. The van der Waals surface area contributed by atoms with Crippen LogP contribution in [0, 0.1) is 17.5 Å². The molecule has 0 saturated heterocycles. The second-order valence-electron chi connectivity index (χ2n) is 9.48. The normalized spacial score (nSPS) is 11.2. The highest BCUT2D eigenvalue weighted by Crippen LogP contribution is 2.28. The van der Waals surface area contributed by atoms with E-state index in [0.29, 0.717) is 5.69 Å². The Morgan fingerprint density at radius 2 is 1.59 bits per heavy atom. The Kier molecular flexibility index (Phi) is 7.56. The lowest BCUT2D eigenvalue weighted by molar-refractivity contribution is 0.0957. The van der Waals surface area contributed by atoms with Gasteiger partial charge in [0.25, 0.3) is 5.91 Å². The molecule has 12 heteroatoms. The fourth-order valence-corrected chi connectivity index (χ4v) is 3.49. The zero-order chi connectivity index (χ0) is 28.3. The number of hydrogen-bond donors (Lipinski definition) is 3. The van der Waals surface area contributed by atoms with E-state index >= 15 is 0 Å². The summed E-state index contributed by atoms with van der Waals surface area (Å²) in [4.78, 5) is 28.5. The van der Waals surface area contributed by atoms with Crippen molar-refractivity contribution in [3.63, 3.8) is 0 Å². The fourth-order valence-electron chi connectivity index (χ4n) is 3.49. The molecule has 2 aromatic carbocycles. The van der Waals surface area contributed by atoms with Gasteiger partial charge in [0.1, 0.15) is 40.5 Å². The van der Waals surface area contributed by atoms with Gasteiger partial charge in [0.05, 0.1) is 17.1 Å². The number of carbonyl (C=O) groups is 2. The molecule has 0 radical (unpaired) electrons. The van der Waals surface area contributed by atoms with Crippen molar-refractivity contribution in [3.05, 3.63) is 89.6 Å². The molecule has 0 aliphatic rings. The first kappa shape index (κ1) is 27.2. The van der Waals surface area contributed by atoms with Crippen molar-refractivity contribution in [1.29, 1.82) is 0 Å². The van der Waals surface area contributed by atoms with Gasteiger partial charge in [-0.1, -0.05) is 20.8 Å². The van der Waals surface area contributed by atoms with E-state index in [0.717, 1.165) is 24.3 Å². The number of pyridine rings is 1. The van der Waals surface area contributed by atoms with E-state index in [1.807, 2.05) is 20.8 Å². The number of nitrogens with one attached hydrogen (secondary N) is 3. The van der Waals surface area contributed by atoms with Gasteiger partial charge in [-0.05, 0) is 30.3 Å². The minimum absolute atomic E-state index is 0.0571. The van der Waals surface area contributed by atoms with Crippen LogP contribution in [0.1, 0.15) is 37.0 Å². The second-order valence-corrected chi connectivity index (χ2v) is 9.48. The number of amides is 3. The number of anilines is 2. The summed E-state index contributed by atoms with van der Waals surface area (Å²) in [6, 6.07) is 10.3. The maximum absolute atomic E-state index is 14.8. The summed E-state index contributed by atoms with van der Waals surface area (Å²) in [6.07, 6.45) is 1.38. The minimum Gasteiger partial charge on any atom is -0.457 e. The molecule has 202 valence electrons. The van der Waals surface area contributed by atoms with E-state index in [1.165, 1.54) is 42.2 Å². The van der Waals surface area contributed by atoms with Crippen LogP contribution in [0.25, 0.3) is 5.69 Å². The lowest BCUT2D eigenvalue weighted by atomic mass is 9.92. The molecular weight excluding hydrogens is 513 g/mol. The SMILES string of the molecule is CNC(=O)c1cc(Oc2ccc(NC(=O)Nc3cc(C(C)(C)C)nn3-c3cc(F)cc(F)c3)c(F)c2)ccn1. The van der Waals surface area contributed by atoms with Crippen LogP contribution in [-0.2, 0) is 5.41 Å².